The van der Waals surface area contributed by atoms with Crippen LogP contribution >= 0.6 is 0 Å². The van der Waals surface area contributed by atoms with E-state index in [0.717, 1.165) is 6.92 Å². The predicted octanol–water partition coefficient (Wildman–Crippen LogP) is -3.57. The van der Waals surface area contributed by atoms with Crippen molar-refractivity contribution in [2.75, 3.05) is 13.2 Å². The van der Waals surface area contributed by atoms with E-state index >= 15 is 0 Å². The number of nitrogens with zero attached hydrogens (tertiary/aromatic N) is 1. The van der Waals surface area contributed by atoms with Crippen molar-refractivity contribution >= 4 is 16.2 Å². The monoisotopic (exact) mass is 403 g/mol. The van der Waals surface area contributed by atoms with Crippen molar-refractivity contribution in [2.24, 2.45) is 4.40 Å². The molecule has 3 aliphatic heterocycles. The molecule has 0 bridgehead atoms. The Hall–Kier alpha value is 0.180. The summed E-state index contributed by atoms with van der Waals surface area (Å²) in [5.41, 5.74) is 0. The molecule has 3 unspecified atom stereocenters. The van der Waals surface area contributed by atoms with E-state index in [2.05, 4.69) is 4.40 Å². The first-order chi connectivity index (χ1) is 11.3. The molecule has 0 radical (unpaired) electrons. The molecule has 0 aromatic rings. The fraction of sp³-hybridized carbons (Fsp3) is 0.929. The van der Waals surface area contributed by atoms with E-state index in [9.17, 15) is 13.5 Å². The summed E-state index contributed by atoms with van der Waals surface area (Å²) < 4.78 is 60.4. The average molecular weight is 403 g/mol. The van der Waals surface area contributed by atoms with Gasteiger partial charge >= 0.3 is 39.9 Å². The Kier molecular flexibility index (Phi) is 6.23. The maximum absolute atomic E-state index is 11.7. The van der Waals surface area contributed by atoms with Crippen LogP contribution in [-0.4, -0.2) is 63.2 Å². The number of fused-ring (bicyclic) bond motifs is 3. The minimum absolute atomic E-state index is 0. The third-order valence-corrected chi connectivity index (χ3v) is 4.82. The van der Waals surface area contributed by atoms with Crippen LogP contribution in [0.3, 0.4) is 0 Å². The Morgan fingerprint density at radius 1 is 1.19 bits per heavy atom. The van der Waals surface area contributed by atoms with Crippen LogP contribution in [0.15, 0.2) is 4.40 Å². The molecule has 0 aromatic heterocycles. The van der Waals surface area contributed by atoms with Crippen molar-refractivity contribution < 1.29 is 70.9 Å². The SMILES string of the molecule is C/C([O-])=N\S(=O)(=O)OC[C@@]12OCC3OC(C)(C)OC3C1OC(C)(C)O2.[Na+]. The van der Waals surface area contributed by atoms with Crippen LogP contribution in [0.4, 0.5) is 0 Å². The molecular formula is C14H22NNaO9S. The molecule has 0 amide bonds. The van der Waals surface area contributed by atoms with Gasteiger partial charge in [-0.15, -0.1) is 0 Å². The molecule has 0 N–H and O–H groups in total. The number of hydrogen-bond donors (Lipinski definition) is 0. The van der Waals surface area contributed by atoms with Gasteiger partial charge in [0.05, 0.1) is 6.61 Å². The molecule has 0 aliphatic carbocycles. The van der Waals surface area contributed by atoms with E-state index in [4.69, 9.17) is 27.9 Å². The van der Waals surface area contributed by atoms with E-state index in [1.807, 2.05) is 0 Å². The molecule has 3 fully saturated rings. The summed E-state index contributed by atoms with van der Waals surface area (Å²) >= 11 is 0. The van der Waals surface area contributed by atoms with Gasteiger partial charge in [-0.3, -0.25) is 0 Å². The van der Waals surface area contributed by atoms with Crippen LogP contribution in [0.25, 0.3) is 0 Å². The van der Waals surface area contributed by atoms with Crippen molar-refractivity contribution in [3.63, 3.8) is 0 Å². The molecule has 144 valence electrons. The molecule has 10 nitrogen and oxygen atoms in total. The van der Waals surface area contributed by atoms with Gasteiger partial charge in [0, 0.05) is 0 Å². The van der Waals surface area contributed by atoms with Gasteiger partial charge in [-0.1, -0.05) is 0 Å². The van der Waals surface area contributed by atoms with Crippen molar-refractivity contribution in [3.05, 3.63) is 0 Å². The fourth-order valence-electron chi connectivity index (χ4n) is 3.29. The Morgan fingerprint density at radius 2 is 1.85 bits per heavy atom. The number of rotatable bonds is 4. The molecule has 26 heavy (non-hydrogen) atoms. The van der Waals surface area contributed by atoms with Crippen molar-refractivity contribution in [2.45, 2.75) is 70.3 Å². The molecular weight excluding hydrogens is 381 g/mol. The zero-order valence-electron chi connectivity index (χ0n) is 15.7. The normalized spacial score (nSPS) is 38.3. The van der Waals surface area contributed by atoms with E-state index in [1.54, 1.807) is 27.7 Å². The third-order valence-electron chi connectivity index (χ3n) is 3.92. The second-order valence-electron chi connectivity index (χ2n) is 7.10. The zero-order chi connectivity index (χ0) is 18.7. The first-order valence-corrected chi connectivity index (χ1v) is 9.20. The summed E-state index contributed by atoms with van der Waals surface area (Å²) in [5, 5.41) is 10.9. The fourth-order valence-corrected chi connectivity index (χ4v) is 3.97. The zero-order valence-corrected chi connectivity index (χ0v) is 18.5. The Balaban J connectivity index is 0.00000243. The van der Waals surface area contributed by atoms with Crippen LogP contribution in [0.5, 0.6) is 0 Å². The van der Waals surface area contributed by atoms with E-state index in [0.29, 0.717) is 0 Å². The Bertz CT molecular complexity index is 676. The van der Waals surface area contributed by atoms with Crippen LogP contribution in [-0.2, 0) is 38.2 Å². The summed E-state index contributed by atoms with van der Waals surface area (Å²) in [6.07, 6.45) is -1.69. The van der Waals surface area contributed by atoms with Crippen LogP contribution in [0.1, 0.15) is 34.6 Å². The number of ether oxygens (including phenoxy) is 5. The summed E-state index contributed by atoms with van der Waals surface area (Å²) in [6.45, 7) is 7.45. The third kappa shape index (κ3) is 4.59. The predicted molar refractivity (Wildman–Crippen MR) is 80.5 cm³/mol. The summed E-state index contributed by atoms with van der Waals surface area (Å²) in [6, 6.07) is 0. The van der Waals surface area contributed by atoms with E-state index < -0.39 is 52.4 Å². The Morgan fingerprint density at radius 3 is 2.46 bits per heavy atom. The molecule has 0 aromatic carbocycles. The van der Waals surface area contributed by atoms with Gasteiger partial charge < -0.3 is 28.8 Å². The van der Waals surface area contributed by atoms with Gasteiger partial charge in [-0.05, 0) is 40.5 Å². The standard InChI is InChI=1S/C14H23NO9S.Na/c1-8(16)15-25(17,18)20-7-14-11(23-13(4,5)24-14)10-9(6-19-14)21-12(2,3)22-10;/h9-11H,6-7H2,1-5H3,(H,15,16);/q;+1/p-1/t9?,10?,11?,14-;/m0./s1. The molecule has 12 heteroatoms. The first kappa shape index (κ1) is 22.5. The smallest absolute Gasteiger partial charge is 0.861 e. The van der Waals surface area contributed by atoms with Gasteiger partial charge in [-0.2, -0.15) is 12.8 Å². The summed E-state index contributed by atoms with van der Waals surface area (Å²) in [7, 11) is -4.42. The molecule has 4 atom stereocenters. The number of hydrogen-bond acceptors (Lipinski definition) is 9. The van der Waals surface area contributed by atoms with Crippen LogP contribution in [0, 0.1) is 0 Å². The van der Waals surface area contributed by atoms with Gasteiger partial charge in [0.2, 0.25) is 5.79 Å². The summed E-state index contributed by atoms with van der Waals surface area (Å²) in [4.78, 5) is 0. The van der Waals surface area contributed by atoms with Gasteiger partial charge in [0.25, 0.3) is 0 Å². The largest absolute Gasteiger partial charge is 1.00 e. The minimum Gasteiger partial charge on any atom is -0.861 e. The molecule has 3 aliphatic rings. The van der Waals surface area contributed by atoms with Crippen molar-refractivity contribution in [1.82, 2.24) is 0 Å². The van der Waals surface area contributed by atoms with E-state index in [-0.39, 0.29) is 42.3 Å². The van der Waals surface area contributed by atoms with Gasteiger partial charge in [0.15, 0.2) is 11.6 Å². The molecule has 3 rings (SSSR count). The Labute approximate surface area is 174 Å². The van der Waals surface area contributed by atoms with Crippen LogP contribution in [0.2, 0.25) is 0 Å². The molecule has 0 saturated carbocycles. The second-order valence-corrected chi connectivity index (χ2v) is 8.38. The summed E-state index contributed by atoms with van der Waals surface area (Å²) in [5.74, 6) is -4.30. The quantitative estimate of drug-likeness (QED) is 0.266. The van der Waals surface area contributed by atoms with Gasteiger partial charge in [-0.25, -0.2) is 4.18 Å². The first-order valence-electron chi connectivity index (χ1n) is 7.84. The maximum Gasteiger partial charge on any atom is 1.00 e. The molecule has 3 heterocycles. The van der Waals surface area contributed by atoms with Gasteiger partial charge in [0.1, 0.15) is 24.9 Å². The molecule has 0 spiro atoms. The van der Waals surface area contributed by atoms with Crippen molar-refractivity contribution in [3.8, 4) is 0 Å². The van der Waals surface area contributed by atoms with Crippen LogP contribution < -0.4 is 34.7 Å². The second kappa shape index (κ2) is 7.21. The minimum atomic E-state index is -4.42. The average Bonchev–Trinajstić information content (AvgIpc) is 2.87. The maximum atomic E-state index is 11.7. The van der Waals surface area contributed by atoms with E-state index in [1.165, 1.54) is 0 Å². The van der Waals surface area contributed by atoms with Crippen molar-refractivity contribution in [1.29, 1.82) is 0 Å². The topological polar surface area (TPSA) is 125 Å². The molecule has 3 saturated heterocycles.